The Morgan fingerprint density at radius 1 is 1.44 bits per heavy atom. The van der Waals surface area contributed by atoms with Crippen molar-refractivity contribution in [3.05, 3.63) is 34.3 Å². The van der Waals surface area contributed by atoms with E-state index in [9.17, 15) is 4.79 Å². The van der Waals surface area contributed by atoms with Crippen molar-refractivity contribution in [3.63, 3.8) is 0 Å². The van der Waals surface area contributed by atoms with Gasteiger partial charge in [0, 0.05) is 15.3 Å². The van der Waals surface area contributed by atoms with Crippen molar-refractivity contribution in [3.8, 4) is 0 Å². The highest BCUT2D eigenvalue weighted by Crippen LogP contribution is 2.18. The molecule has 0 aliphatic heterocycles. The van der Waals surface area contributed by atoms with Gasteiger partial charge in [-0.25, -0.2) is 0 Å². The van der Waals surface area contributed by atoms with Gasteiger partial charge >= 0.3 is 0 Å². The predicted molar refractivity (Wildman–Crippen MR) is 74.1 cm³/mol. The van der Waals surface area contributed by atoms with E-state index in [1.807, 2.05) is 31.2 Å². The highest BCUT2D eigenvalue weighted by Gasteiger charge is 2.24. The fourth-order valence-electron chi connectivity index (χ4n) is 1.20. The number of hydrogen-bond donors (Lipinski definition) is 1. The van der Waals surface area contributed by atoms with Gasteiger partial charge in [-0.2, -0.15) is 0 Å². The number of rotatable bonds is 4. The van der Waals surface area contributed by atoms with Crippen molar-refractivity contribution in [1.82, 2.24) is 5.32 Å². The number of nitrogens with one attached hydrogen (secondary N) is 1. The van der Waals surface area contributed by atoms with Crippen LogP contribution < -0.4 is 5.32 Å². The standard InChI is InChI=1S/C12H15Br2NO/c1-3-12(2,8-13)15-11(16)9-6-4-5-7-10(9)14/h4-7H,3,8H2,1-2H3,(H,15,16). The van der Waals surface area contributed by atoms with Crippen LogP contribution in [0.5, 0.6) is 0 Å². The van der Waals surface area contributed by atoms with Gasteiger partial charge in [-0.15, -0.1) is 0 Å². The molecule has 0 spiro atoms. The van der Waals surface area contributed by atoms with E-state index in [-0.39, 0.29) is 11.4 Å². The molecule has 0 radical (unpaired) electrons. The van der Waals surface area contributed by atoms with E-state index in [1.165, 1.54) is 0 Å². The van der Waals surface area contributed by atoms with Crippen LogP contribution in [-0.4, -0.2) is 16.8 Å². The average molecular weight is 349 g/mol. The molecule has 0 aromatic heterocycles. The molecule has 0 fully saturated rings. The van der Waals surface area contributed by atoms with E-state index >= 15 is 0 Å². The molecule has 2 nitrogen and oxygen atoms in total. The highest BCUT2D eigenvalue weighted by atomic mass is 79.9. The Kier molecular flexibility index (Phi) is 4.99. The van der Waals surface area contributed by atoms with Gasteiger partial charge in [0.1, 0.15) is 0 Å². The molecule has 1 atom stereocenters. The summed E-state index contributed by atoms with van der Waals surface area (Å²) >= 11 is 6.80. The summed E-state index contributed by atoms with van der Waals surface area (Å²) in [4.78, 5) is 12.0. The van der Waals surface area contributed by atoms with Crippen LogP contribution in [0.1, 0.15) is 30.6 Å². The molecule has 0 saturated carbocycles. The summed E-state index contributed by atoms with van der Waals surface area (Å²) in [5, 5.41) is 3.78. The van der Waals surface area contributed by atoms with Crippen molar-refractivity contribution in [2.45, 2.75) is 25.8 Å². The highest BCUT2D eigenvalue weighted by molar-refractivity contribution is 9.10. The minimum atomic E-state index is -0.202. The molecule has 1 aromatic carbocycles. The molecule has 16 heavy (non-hydrogen) atoms. The second kappa shape index (κ2) is 5.82. The summed E-state index contributed by atoms with van der Waals surface area (Å²) in [6, 6.07) is 7.43. The minimum absolute atomic E-state index is 0.0451. The molecule has 1 rings (SSSR count). The van der Waals surface area contributed by atoms with Crippen LogP contribution in [0, 0.1) is 0 Å². The number of alkyl halides is 1. The van der Waals surface area contributed by atoms with Crippen LogP contribution in [0.3, 0.4) is 0 Å². The summed E-state index contributed by atoms with van der Waals surface area (Å²) in [5.74, 6) is -0.0451. The van der Waals surface area contributed by atoms with E-state index in [0.29, 0.717) is 5.56 Å². The lowest BCUT2D eigenvalue weighted by molar-refractivity contribution is 0.0912. The van der Waals surface area contributed by atoms with Crippen molar-refractivity contribution >= 4 is 37.8 Å². The van der Waals surface area contributed by atoms with Gasteiger partial charge in [0.05, 0.1) is 5.56 Å². The maximum absolute atomic E-state index is 12.0. The summed E-state index contributed by atoms with van der Waals surface area (Å²) < 4.78 is 0.820. The largest absolute Gasteiger partial charge is 0.346 e. The van der Waals surface area contributed by atoms with Crippen molar-refractivity contribution in [2.75, 3.05) is 5.33 Å². The van der Waals surface area contributed by atoms with Gasteiger partial charge in [-0.1, -0.05) is 35.0 Å². The van der Waals surface area contributed by atoms with Gasteiger partial charge in [0.25, 0.3) is 5.91 Å². The topological polar surface area (TPSA) is 29.1 Å². The fourth-order valence-corrected chi connectivity index (χ4v) is 2.20. The average Bonchev–Trinajstić information content (AvgIpc) is 2.29. The first-order chi connectivity index (χ1) is 7.52. The molecule has 0 saturated heterocycles. The minimum Gasteiger partial charge on any atom is -0.346 e. The summed E-state index contributed by atoms with van der Waals surface area (Å²) in [6.07, 6.45) is 0.883. The molecule has 1 amide bonds. The normalized spacial score (nSPS) is 14.2. The maximum Gasteiger partial charge on any atom is 0.252 e. The van der Waals surface area contributed by atoms with Gasteiger partial charge in [0.2, 0.25) is 0 Å². The molecular weight excluding hydrogens is 334 g/mol. The molecule has 0 heterocycles. The predicted octanol–water partition coefficient (Wildman–Crippen LogP) is 3.74. The van der Waals surface area contributed by atoms with Crippen molar-refractivity contribution in [2.24, 2.45) is 0 Å². The molecular formula is C12H15Br2NO. The zero-order chi connectivity index (χ0) is 12.2. The monoisotopic (exact) mass is 347 g/mol. The molecule has 88 valence electrons. The number of carbonyl (C=O) groups excluding carboxylic acids is 1. The number of amides is 1. The summed E-state index contributed by atoms with van der Waals surface area (Å²) in [6.45, 7) is 4.08. The van der Waals surface area contributed by atoms with Crippen molar-refractivity contribution in [1.29, 1.82) is 0 Å². The lowest BCUT2D eigenvalue weighted by Gasteiger charge is -2.27. The second-order valence-electron chi connectivity index (χ2n) is 3.98. The Labute approximate surface area is 113 Å². The van der Waals surface area contributed by atoms with E-state index in [4.69, 9.17) is 0 Å². The summed E-state index contributed by atoms with van der Waals surface area (Å²) in [7, 11) is 0. The third-order valence-electron chi connectivity index (χ3n) is 2.61. The van der Waals surface area contributed by atoms with Crippen LogP contribution in [0.4, 0.5) is 0 Å². The Balaban J connectivity index is 2.84. The SMILES string of the molecule is CCC(C)(CBr)NC(=O)c1ccccc1Br. The molecule has 0 bridgehead atoms. The molecule has 1 aromatic rings. The van der Waals surface area contributed by atoms with Crippen LogP contribution >= 0.6 is 31.9 Å². The van der Waals surface area contributed by atoms with E-state index in [0.717, 1.165) is 16.2 Å². The summed E-state index contributed by atoms with van der Waals surface area (Å²) in [5.41, 5.74) is 0.468. The first kappa shape index (κ1) is 13.7. The Bertz CT molecular complexity index is 375. The third-order valence-corrected chi connectivity index (χ3v) is 4.54. The quantitative estimate of drug-likeness (QED) is 0.825. The fraction of sp³-hybridized carbons (Fsp3) is 0.417. The van der Waals surface area contributed by atoms with Crippen LogP contribution in [-0.2, 0) is 0 Å². The van der Waals surface area contributed by atoms with Crippen LogP contribution in [0.25, 0.3) is 0 Å². The molecule has 1 N–H and O–H groups in total. The number of hydrogen-bond acceptors (Lipinski definition) is 1. The van der Waals surface area contributed by atoms with E-state index < -0.39 is 0 Å². The maximum atomic E-state index is 12.0. The number of benzene rings is 1. The molecule has 1 unspecified atom stereocenters. The van der Waals surface area contributed by atoms with Gasteiger partial charge in [-0.3, -0.25) is 4.79 Å². The van der Waals surface area contributed by atoms with Crippen LogP contribution in [0.15, 0.2) is 28.7 Å². The molecule has 0 aliphatic rings. The Morgan fingerprint density at radius 2 is 2.06 bits per heavy atom. The van der Waals surface area contributed by atoms with E-state index in [1.54, 1.807) is 0 Å². The number of halogens is 2. The van der Waals surface area contributed by atoms with Gasteiger partial charge in [0.15, 0.2) is 0 Å². The first-order valence-corrected chi connectivity index (χ1v) is 7.07. The molecule has 0 aliphatic carbocycles. The Morgan fingerprint density at radius 3 is 2.56 bits per heavy atom. The van der Waals surface area contributed by atoms with Gasteiger partial charge < -0.3 is 5.32 Å². The zero-order valence-corrected chi connectivity index (χ0v) is 12.6. The van der Waals surface area contributed by atoms with Crippen molar-refractivity contribution < 1.29 is 4.79 Å². The molecule has 4 heteroatoms. The lowest BCUT2D eigenvalue weighted by Crippen LogP contribution is -2.47. The first-order valence-electron chi connectivity index (χ1n) is 5.15. The third kappa shape index (κ3) is 3.32. The van der Waals surface area contributed by atoms with Gasteiger partial charge in [-0.05, 0) is 41.4 Å². The van der Waals surface area contributed by atoms with E-state index in [2.05, 4.69) is 44.1 Å². The lowest BCUT2D eigenvalue weighted by atomic mass is 10.0. The smallest absolute Gasteiger partial charge is 0.252 e. The second-order valence-corrected chi connectivity index (χ2v) is 5.40. The van der Waals surface area contributed by atoms with Crippen LogP contribution in [0.2, 0.25) is 0 Å². The Hall–Kier alpha value is -0.350. The zero-order valence-electron chi connectivity index (χ0n) is 9.39. The number of carbonyl (C=O) groups is 1.